The van der Waals surface area contributed by atoms with Gasteiger partial charge >= 0.3 is 0 Å². The van der Waals surface area contributed by atoms with Gasteiger partial charge in [0.25, 0.3) is 0 Å². The number of nitrogens with zero attached hydrogens (tertiary/aromatic N) is 1. The van der Waals surface area contributed by atoms with Gasteiger partial charge in [0.15, 0.2) is 0 Å². The smallest absolute Gasteiger partial charge is 0.150 e. The van der Waals surface area contributed by atoms with Crippen LogP contribution >= 0.6 is 0 Å². The molecule has 0 aromatic carbocycles. The molecule has 0 atom stereocenters. The summed E-state index contributed by atoms with van der Waals surface area (Å²) in [5.41, 5.74) is 12.7. The molecule has 1 fully saturated rings. The standard InChI is InChI=1S/C11H19N5/c1-4-14-10(13)9(12)11(15-7(2)3)16-8-5-6-8/h4,8,15-16H,1-2,5-6,12H2,3H3,(H2,13,14). The first-order valence-corrected chi connectivity index (χ1v) is 5.18. The lowest BCUT2D eigenvalue weighted by molar-refractivity contribution is 0.723. The van der Waals surface area contributed by atoms with E-state index in [1.54, 1.807) is 0 Å². The zero-order chi connectivity index (χ0) is 12.1. The molecule has 5 heteroatoms. The van der Waals surface area contributed by atoms with Crippen molar-refractivity contribution in [3.05, 3.63) is 36.6 Å². The van der Waals surface area contributed by atoms with E-state index in [1.807, 2.05) is 6.92 Å². The van der Waals surface area contributed by atoms with Crippen LogP contribution in [0.4, 0.5) is 0 Å². The molecule has 0 radical (unpaired) electrons. The number of nitrogens with one attached hydrogen (secondary N) is 2. The van der Waals surface area contributed by atoms with Crippen LogP contribution in [0.2, 0.25) is 0 Å². The Hall–Kier alpha value is -1.91. The van der Waals surface area contributed by atoms with Gasteiger partial charge in [-0.05, 0) is 19.8 Å². The largest absolute Gasteiger partial charge is 0.393 e. The van der Waals surface area contributed by atoms with E-state index in [1.165, 1.54) is 6.20 Å². The van der Waals surface area contributed by atoms with Crippen molar-refractivity contribution < 1.29 is 0 Å². The second-order valence-electron chi connectivity index (χ2n) is 3.81. The van der Waals surface area contributed by atoms with E-state index < -0.39 is 0 Å². The van der Waals surface area contributed by atoms with Gasteiger partial charge < -0.3 is 22.1 Å². The van der Waals surface area contributed by atoms with Crippen LogP contribution in [0.5, 0.6) is 0 Å². The summed E-state index contributed by atoms with van der Waals surface area (Å²) in [5.74, 6) is 0.907. The number of allylic oxidation sites excluding steroid dienone is 1. The highest BCUT2D eigenvalue weighted by Gasteiger charge is 2.23. The topological polar surface area (TPSA) is 88.5 Å². The minimum absolute atomic E-state index is 0.243. The summed E-state index contributed by atoms with van der Waals surface area (Å²) in [5, 5.41) is 6.29. The van der Waals surface area contributed by atoms with Gasteiger partial charge in [-0.3, -0.25) is 0 Å². The summed E-state index contributed by atoms with van der Waals surface area (Å²) < 4.78 is 0. The molecule has 16 heavy (non-hydrogen) atoms. The maximum atomic E-state index is 5.88. The Labute approximate surface area is 96.0 Å². The zero-order valence-corrected chi connectivity index (χ0v) is 9.59. The second kappa shape index (κ2) is 5.25. The molecule has 0 aromatic rings. The Balaban J connectivity index is 2.85. The van der Waals surface area contributed by atoms with Gasteiger partial charge in [-0.25, -0.2) is 4.99 Å². The van der Waals surface area contributed by atoms with Crippen molar-refractivity contribution in [3.63, 3.8) is 0 Å². The van der Waals surface area contributed by atoms with Crippen LogP contribution in [0.3, 0.4) is 0 Å². The van der Waals surface area contributed by atoms with Gasteiger partial charge in [0, 0.05) is 17.9 Å². The number of rotatable bonds is 6. The minimum atomic E-state index is 0.243. The van der Waals surface area contributed by atoms with E-state index in [4.69, 9.17) is 11.5 Å². The van der Waals surface area contributed by atoms with Gasteiger partial charge in [0.2, 0.25) is 0 Å². The molecular formula is C11H19N5. The molecule has 0 aromatic heterocycles. The third kappa shape index (κ3) is 3.68. The summed E-state index contributed by atoms with van der Waals surface area (Å²) in [6.07, 6.45) is 3.65. The Morgan fingerprint density at radius 1 is 1.44 bits per heavy atom. The Bertz CT molecular complexity index is 349. The first-order chi connectivity index (χ1) is 7.54. The molecule has 1 saturated carbocycles. The van der Waals surface area contributed by atoms with E-state index in [-0.39, 0.29) is 5.84 Å². The Morgan fingerprint density at radius 3 is 2.50 bits per heavy atom. The molecule has 0 bridgehead atoms. The van der Waals surface area contributed by atoms with Crippen LogP contribution < -0.4 is 22.1 Å². The first kappa shape index (κ1) is 12.2. The highest BCUT2D eigenvalue weighted by molar-refractivity contribution is 5.97. The molecule has 0 saturated heterocycles. The molecule has 6 N–H and O–H groups in total. The van der Waals surface area contributed by atoms with Crippen molar-refractivity contribution in [1.82, 2.24) is 10.6 Å². The molecule has 0 amide bonds. The molecule has 0 heterocycles. The molecular weight excluding hydrogens is 202 g/mol. The summed E-state index contributed by atoms with van der Waals surface area (Å²) >= 11 is 0. The molecule has 1 aliphatic rings. The molecule has 0 spiro atoms. The van der Waals surface area contributed by atoms with Crippen LogP contribution in [0.25, 0.3) is 0 Å². The quantitative estimate of drug-likeness (QED) is 0.388. The number of nitrogens with two attached hydrogens (primary N) is 2. The van der Waals surface area contributed by atoms with Gasteiger partial charge in [0.05, 0.1) is 0 Å². The van der Waals surface area contributed by atoms with E-state index in [0.717, 1.165) is 18.5 Å². The SMILES string of the molecule is C=CN=C(N)C(N)=C(NC(=C)C)NC1CC1. The van der Waals surface area contributed by atoms with E-state index in [9.17, 15) is 0 Å². The van der Waals surface area contributed by atoms with Crippen molar-refractivity contribution in [2.75, 3.05) is 0 Å². The lowest BCUT2D eigenvalue weighted by atomic mass is 10.3. The number of amidine groups is 1. The molecule has 1 rings (SSSR count). The highest BCUT2D eigenvalue weighted by Crippen LogP contribution is 2.20. The fourth-order valence-corrected chi connectivity index (χ4v) is 1.12. The lowest BCUT2D eigenvalue weighted by Crippen LogP contribution is -2.35. The average molecular weight is 221 g/mol. The van der Waals surface area contributed by atoms with Gasteiger partial charge in [0.1, 0.15) is 17.4 Å². The van der Waals surface area contributed by atoms with Crippen molar-refractivity contribution in [1.29, 1.82) is 0 Å². The Morgan fingerprint density at radius 2 is 2.06 bits per heavy atom. The summed E-state index contributed by atoms with van der Waals surface area (Å²) in [6, 6.07) is 0.469. The third-order valence-electron chi connectivity index (χ3n) is 2.04. The van der Waals surface area contributed by atoms with Crippen molar-refractivity contribution >= 4 is 5.84 Å². The third-order valence-corrected chi connectivity index (χ3v) is 2.04. The predicted molar refractivity (Wildman–Crippen MR) is 67.1 cm³/mol. The summed E-state index contributed by atoms with van der Waals surface area (Å²) in [4.78, 5) is 3.85. The van der Waals surface area contributed by atoms with Crippen molar-refractivity contribution in [2.45, 2.75) is 25.8 Å². The van der Waals surface area contributed by atoms with Crippen LogP contribution in [-0.4, -0.2) is 11.9 Å². The predicted octanol–water partition coefficient (Wildman–Crippen LogP) is 0.490. The zero-order valence-electron chi connectivity index (χ0n) is 9.59. The fraction of sp³-hybridized carbons (Fsp3) is 0.364. The average Bonchev–Trinajstić information content (AvgIpc) is 2.99. The van der Waals surface area contributed by atoms with Crippen LogP contribution in [0, 0.1) is 0 Å². The fourth-order valence-electron chi connectivity index (χ4n) is 1.12. The van der Waals surface area contributed by atoms with Crippen molar-refractivity contribution in [3.8, 4) is 0 Å². The number of aliphatic imine (C=N–C) groups is 1. The number of hydrogen-bond acceptors (Lipinski definition) is 4. The molecule has 0 unspecified atom stereocenters. The van der Waals surface area contributed by atoms with Gasteiger partial charge in [-0.15, -0.1) is 0 Å². The minimum Gasteiger partial charge on any atom is -0.393 e. The maximum Gasteiger partial charge on any atom is 0.150 e. The highest BCUT2D eigenvalue weighted by atomic mass is 15.1. The van der Waals surface area contributed by atoms with Crippen molar-refractivity contribution in [2.24, 2.45) is 16.5 Å². The van der Waals surface area contributed by atoms with E-state index in [0.29, 0.717) is 17.6 Å². The van der Waals surface area contributed by atoms with Crippen LogP contribution in [0.15, 0.2) is 41.6 Å². The Kier molecular flexibility index (Phi) is 3.99. The van der Waals surface area contributed by atoms with Gasteiger partial charge in [-0.1, -0.05) is 13.2 Å². The second-order valence-corrected chi connectivity index (χ2v) is 3.81. The van der Waals surface area contributed by atoms with E-state index >= 15 is 0 Å². The van der Waals surface area contributed by atoms with Crippen LogP contribution in [0.1, 0.15) is 19.8 Å². The monoisotopic (exact) mass is 221 g/mol. The summed E-state index contributed by atoms with van der Waals surface area (Å²) in [6.45, 7) is 9.09. The molecule has 88 valence electrons. The molecule has 5 nitrogen and oxygen atoms in total. The van der Waals surface area contributed by atoms with Gasteiger partial charge in [-0.2, -0.15) is 0 Å². The molecule has 0 aliphatic heterocycles. The van der Waals surface area contributed by atoms with Crippen LogP contribution in [-0.2, 0) is 0 Å². The normalized spacial score (nSPS) is 17.4. The first-order valence-electron chi connectivity index (χ1n) is 5.18. The molecule has 1 aliphatic carbocycles. The number of hydrogen-bond donors (Lipinski definition) is 4. The summed E-state index contributed by atoms with van der Waals surface area (Å²) in [7, 11) is 0. The van der Waals surface area contributed by atoms with E-state index in [2.05, 4.69) is 28.8 Å². The maximum absolute atomic E-state index is 5.88. The lowest BCUT2D eigenvalue weighted by Gasteiger charge is -2.15.